The van der Waals surface area contributed by atoms with Crippen LogP contribution in [0, 0.1) is 5.41 Å². The Labute approximate surface area is 217 Å². The molecule has 0 bridgehead atoms. The Bertz CT molecular complexity index is 1370. The third-order valence-corrected chi connectivity index (χ3v) is 6.62. The van der Waals surface area contributed by atoms with Crippen molar-refractivity contribution in [3.63, 3.8) is 0 Å². The number of hydrogen-bond acceptors (Lipinski definition) is 6. The highest BCUT2D eigenvalue weighted by Crippen LogP contribution is 2.39. The van der Waals surface area contributed by atoms with E-state index < -0.39 is 11.8 Å². The van der Waals surface area contributed by atoms with E-state index in [1.807, 2.05) is 42.5 Å². The molecule has 4 rings (SSSR count). The zero-order valence-corrected chi connectivity index (χ0v) is 23.2. The molecule has 7 heteroatoms. The summed E-state index contributed by atoms with van der Waals surface area (Å²) in [4.78, 5) is 15.3. The first kappa shape index (κ1) is 25.9. The van der Waals surface area contributed by atoms with Crippen LogP contribution in [0.2, 0.25) is 0 Å². The maximum atomic E-state index is 12.5. The van der Waals surface area contributed by atoms with Gasteiger partial charge in [0.2, 0.25) is 0 Å². The maximum absolute atomic E-state index is 12.5. The highest BCUT2D eigenvalue weighted by Gasteiger charge is 2.29. The molecule has 0 atom stereocenters. The summed E-state index contributed by atoms with van der Waals surface area (Å²) in [5, 5.41) is 11.6. The second-order valence-electron chi connectivity index (χ2n) is 12.0. The monoisotopic (exact) mass is 505 g/mol. The predicted octanol–water partition coefficient (Wildman–Crippen LogP) is 8.18. The summed E-state index contributed by atoms with van der Waals surface area (Å²) in [6, 6.07) is 16.0. The summed E-state index contributed by atoms with van der Waals surface area (Å²) < 4.78 is 11.1. The summed E-state index contributed by atoms with van der Waals surface area (Å²) in [5.74, 6) is 0.346. The van der Waals surface area contributed by atoms with E-state index in [0.717, 1.165) is 28.6 Å². The van der Waals surface area contributed by atoms with Crippen LogP contribution in [0.15, 0.2) is 53.9 Å². The summed E-state index contributed by atoms with van der Waals surface area (Å²) in [6.45, 7) is 16.6. The first-order valence-electron chi connectivity index (χ1n) is 12.2. The van der Waals surface area contributed by atoms with Crippen molar-refractivity contribution in [2.75, 3.05) is 0 Å². The van der Waals surface area contributed by atoms with E-state index in [4.69, 9.17) is 19.7 Å². The van der Waals surface area contributed by atoms with Crippen LogP contribution < -0.4 is 4.74 Å². The lowest BCUT2D eigenvalue weighted by molar-refractivity contribution is 0.0205. The molecule has 0 aliphatic rings. The summed E-state index contributed by atoms with van der Waals surface area (Å²) in [5.41, 5.74) is 3.70. The van der Waals surface area contributed by atoms with Gasteiger partial charge in [0.1, 0.15) is 22.3 Å². The minimum absolute atomic E-state index is 0.115. The van der Waals surface area contributed by atoms with Crippen molar-refractivity contribution in [1.29, 1.82) is 0 Å². The molecule has 2 aromatic carbocycles. The van der Waals surface area contributed by atoms with Crippen molar-refractivity contribution in [3.8, 4) is 21.9 Å². The number of nitrogens with zero attached hydrogens (tertiary/aromatic N) is 3. The van der Waals surface area contributed by atoms with Crippen molar-refractivity contribution < 1.29 is 14.3 Å². The fourth-order valence-electron chi connectivity index (χ4n) is 4.59. The number of fused-ring (bicyclic) bond motifs is 1. The van der Waals surface area contributed by atoms with Crippen LogP contribution >= 0.6 is 11.3 Å². The van der Waals surface area contributed by atoms with Gasteiger partial charge in [0.25, 0.3) is 0 Å². The van der Waals surface area contributed by atoms with Crippen LogP contribution in [0.4, 0.5) is 4.79 Å². The molecular formula is C29H35N3O3S. The Morgan fingerprint density at radius 1 is 0.917 bits per heavy atom. The molecule has 36 heavy (non-hydrogen) atoms. The summed E-state index contributed by atoms with van der Waals surface area (Å²) in [7, 11) is 0. The summed E-state index contributed by atoms with van der Waals surface area (Å²) >= 11 is 1.68. The molecule has 0 unspecified atom stereocenters. The van der Waals surface area contributed by atoms with Gasteiger partial charge < -0.3 is 9.47 Å². The van der Waals surface area contributed by atoms with Gasteiger partial charge in [0.05, 0.1) is 0 Å². The van der Waals surface area contributed by atoms with Gasteiger partial charge in [0.15, 0.2) is 5.75 Å². The maximum Gasteiger partial charge on any atom is 0.514 e. The van der Waals surface area contributed by atoms with Gasteiger partial charge in [-0.1, -0.05) is 52.8 Å². The second kappa shape index (κ2) is 9.36. The molecular weight excluding hydrogens is 470 g/mol. The zero-order chi connectivity index (χ0) is 26.3. The molecule has 0 saturated carbocycles. The number of ether oxygens (including phenoxy) is 2. The average molecular weight is 506 g/mol. The zero-order valence-electron chi connectivity index (χ0n) is 22.4. The lowest BCUT2D eigenvalue weighted by Gasteiger charge is -2.33. The molecule has 0 fully saturated rings. The minimum Gasteiger partial charge on any atom is -0.428 e. The summed E-state index contributed by atoms with van der Waals surface area (Å²) in [6.07, 6.45) is 0.215. The van der Waals surface area contributed by atoms with Gasteiger partial charge >= 0.3 is 6.16 Å². The molecule has 0 spiro atoms. The first-order chi connectivity index (χ1) is 16.7. The van der Waals surface area contributed by atoms with Crippen LogP contribution in [-0.4, -0.2) is 26.8 Å². The van der Waals surface area contributed by atoms with E-state index in [9.17, 15) is 4.79 Å². The van der Waals surface area contributed by atoms with E-state index in [1.165, 1.54) is 4.88 Å². The number of rotatable bonds is 5. The SMILES string of the molecule is CC(C)(C)CC(C)(C)c1ccc(OC(=O)OC(C)(C)C)c(-n2nc3ccc(-c4cccs4)cc3n2)c1. The van der Waals surface area contributed by atoms with Crippen LogP contribution in [0.1, 0.15) is 67.4 Å². The van der Waals surface area contributed by atoms with Crippen molar-refractivity contribution in [3.05, 3.63) is 59.5 Å². The Morgan fingerprint density at radius 3 is 2.28 bits per heavy atom. The standard InChI is InChI=1S/C29H35N3O3S/c1-27(2,3)18-29(7,8)20-12-14-24(34-26(33)35-28(4,5)6)23(17-20)32-30-21-13-11-19(16-22(21)31-32)25-10-9-15-36-25/h9-17H,18H2,1-8H3. The number of carbonyl (C=O) groups excluding carboxylic acids is 1. The van der Waals surface area contributed by atoms with E-state index >= 15 is 0 Å². The van der Waals surface area contributed by atoms with Gasteiger partial charge in [-0.2, -0.15) is 0 Å². The molecule has 6 nitrogen and oxygen atoms in total. The van der Waals surface area contributed by atoms with E-state index in [0.29, 0.717) is 11.4 Å². The molecule has 0 aliphatic heterocycles. The molecule has 0 aliphatic carbocycles. The lowest BCUT2D eigenvalue weighted by Crippen LogP contribution is -2.27. The Morgan fingerprint density at radius 2 is 1.64 bits per heavy atom. The van der Waals surface area contributed by atoms with Crippen LogP contribution in [-0.2, 0) is 10.2 Å². The highest BCUT2D eigenvalue weighted by molar-refractivity contribution is 7.13. The minimum atomic E-state index is -0.762. The quantitative estimate of drug-likeness (QED) is 0.202. The smallest absolute Gasteiger partial charge is 0.428 e. The van der Waals surface area contributed by atoms with Gasteiger partial charge in [-0.3, -0.25) is 0 Å². The molecule has 0 N–H and O–H groups in total. The lowest BCUT2D eigenvalue weighted by atomic mass is 9.72. The van der Waals surface area contributed by atoms with Gasteiger partial charge in [-0.05, 0) is 84.9 Å². The first-order valence-corrected chi connectivity index (χ1v) is 13.0. The van der Waals surface area contributed by atoms with E-state index in [2.05, 4.69) is 46.1 Å². The van der Waals surface area contributed by atoms with Crippen LogP contribution in [0.25, 0.3) is 27.2 Å². The fourth-order valence-corrected chi connectivity index (χ4v) is 5.31. The van der Waals surface area contributed by atoms with Gasteiger partial charge in [0, 0.05) is 4.88 Å². The third kappa shape index (κ3) is 6.13. The molecule has 2 heterocycles. The van der Waals surface area contributed by atoms with Gasteiger partial charge in [-0.15, -0.1) is 26.3 Å². The van der Waals surface area contributed by atoms with Crippen molar-refractivity contribution >= 4 is 28.5 Å². The molecule has 2 aromatic heterocycles. The largest absolute Gasteiger partial charge is 0.514 e. The normalized spacial score (nSPS) is 12.7. The van der Waals surface area contributed by atoms with Crippen LogP contribution in [0.5, 0.6) is 5.75 Å². The fraction of sp³-hybridized carbons (Fsp3) is 0.414. The Balaban J connectivity index is 1.79. The topological polar surface area (TPSA) is 66.2 Å². The average Bonchev–Trinajstić information content (AvgIpc) is 3.40. The van der Waals surface area contributed by atoms with Crippen molar-refractivity contribution in [2.24, 2.45) is 5.41 Å². The Kier molecular flexibility index (Phi) is 6.73. The number of hydrogen-bond donors (Lipinski definition) is 0. The van der Waals surface area contributed by atoms with Crippen LogP contribution in [0.3, 0.4) is 0 Å². The second-order valence-corrected chi connectivity index (χ2v) is 13.0. The number of benzene rings is 2. The molecule has 0 saturated heterocycles. The highest BCUT2D eigenvalue weighted by atomic mass is 32.1. The van der Waals surface area contributed by atoms with E-state index in [-0.39, 0.29) is 10.8 Å². The molecule has 190 valence electrons. The third-order valence-electron chi connectivity index (χ3n) is 5.70. The predicted molar refractivity (Wildman–Crippen MR) is 146 cm³/mol. The molecule has 4 aromatic rings. The Hall–Kier alpha value is -3.19. The van der Waals surface area contributed by atoms with Gasteiger partial charge in [-0.25, -0.2) is 4.79 Å². The number of thiophene rings is 1. The molecule has 0 radical (unpaired) electrons. The number of aromatic nitrogens is 3. The van der Waals surface area contributed by atoms with Crippen molar-refractivity contribution in [2.45, 2.75) is 72.8 Å². The van der Waals surface area contributed by atoms with Crippen molar-refractivity contribution in [1.82, 2.24) is 15.0 Å². The number of carbonyl (C=O) groups is 1. The van der Waals surface area contributed by atoms with E-state index in [1.54, 1.807) is 36.9 Å². The molecule has 0 amide bonds.